The maximum atomic E-state index is 10.8. The largest absolute Gasteiger partial charge is 0.466 e. The first kappa shape index (κ1) is 11.4. The molecule has 0 aromatic carbocycles. The number of carbonyl (C=O) groups is 1. The van der Waals surface area contributed by atoms with Gasteiger partial charge in [0, 0.05) is 0 Å². The molecule has 12 heavy (non-hydrogen) atoms. The van der Waals surface area contributed by atoms with Gasteiger partial charge in [0.15, 0.2) is 0 Å². The summed E-state index contributed by atoms with van der Waals surface area (Å²) in [5, 5.41) is 0. The molecule has 0 spiro atoms. The molecule has 0 rings (SSSR count). The Labute approximate surface area is 72.1 Å². The van der Waals surface area contributed by atoms with Crippen molar-refractivity contribution in [1.82, 2.24) is 4.72 Å². The average Bonchev–Trinajstić information content (AvgIpc) is 2.02. The summed E-state index contributed by atoms with van der Waals surface area (Å²) in [4.78, 5) is 10.7. The van der Waals surface area contributed by atoms with Gasteiger partial charge in [-0.1, -0.05) is 0 Å². The third-order valence-corrected chi connectivity index (χ3v) is 2.55. The lowest BCUT2D eigenvalue weighted by Crippen LogP contribution is -2.24. The Morgan fingerprint density at radius 3 is 2.50 bits per heavy atom. The Bertz CT molecular complexity index is 234. The highest BCUT2D eigenvalue weighted by Crippen LogP contribution is 1.91. The Morgan fingerprint density at radius 1 is 1.50 bits per heavy atom. The van der Waals surface area contributed by atoms with E-state index in [1.54, 1.807) is 6.92 Å². The lowest BCUT2D eigenvalue weighted by atomic mass is 10.5. The van der Waals surface area contributed by atoms with Crippen LogP contribution in [0.4, 0.5) is 0 Å². The fourth-order valence-electron chi connectivity index (χ4n) is 0.553. The van der Waals surface area contributed by atoms with Crippen LogP contribution >= 0.6 is 0 Å². The predicted molar refractivity (Wildman–Crippen MR) is 44.1 cm³/mol. The van der Waals surface area contributed by atoms with Gasteiger partial charge in [-0.2, -0.15) is 0 Å². The van der Waals surface area contributed by atoms with Gasteiger partial charge >= 0.3 is 5.97 Å². The van der Waals surface area contributed by atoms with Gasteiger partial charge < -0.3 is 4.74 Å². The lowest BCUT2D eigenvalue weighted by Gasteiger charge is -2.01. The molecule has 0 saturated carbocycles. The minimum Gasteiger partial charge on any atom is -0.466 e. The molecule has 0 bridgehead atoms. The van der Waals surface area contributed by atoms with E-state index >= 15 is 0 Å². The van der Waals surface area contributed by atoms with Crippen molar-refractivity contribution >= 4 is 16.0 Å². The van der Waals surface area contributed by atoms with Gasteiger partial charge in [0.05, 0.1) is 18.8 Å². The molecular weight excluding hydrogens is 182 g/mol. The van der Waals surface area contributed by atoms with E-state index in [1.807, 2.05) is 0 Å². The van der Waals surface area contributed by atoms with E-state index in [1.165, 1.54) is 7.05 Å². The first-order valence-corrected chi connectivity index (χ1v) is 5.24. The summed E-state index contributed by atoms with van der Waals surface area (Å²) in [7, 11) is -1.98. The monoisotopic (exact) mass is 195 g/mol. The van der Waals surface area contributed by atoms with E-state index in [0.717, 1.165) is 0 Å². The number of esters is 1. The standard InChI is InChI=1S/C6H13NO4S/c1-3-11-6(8)4-5-12(9,10)7-2/h7H,3-5H2,1-2H3. The molecule has 1 N–H and O–H groups in total. The summed E-state index contributed by atoms with van der Waals surface area (Å²) in [5.41, 5.74) is 0. The normalized spacial score (nSPS) is 11.2. The summed E-state index contributed by atoms with van der Waals surface area (Å²) in [6, 6.07) is 0. The molecule has 5 nitrogen and oxygen atoms in total. The highest BCUT2D eigenvalue weighted by molar-refractivity contribution is 7.89. The predicted octanol–water partition coefficient (Wildman–Crippen LogP) is -0.511. The second-order valence-corrected chi connectivity index (χ2v) is 4.12. The molecule has 0 amide bonds. The van der Waals surface area contributed by atoms with E-state index in [9.17, 15) is 13.2 Å². The Kier molecular flexibility index (Phi) is 4.84. The molecular formula is C6H13NO4S. The number of hydrogen-bond acceptors (Lipinski definition) is 4. The molecule has 72 valence electrons. The zero-order chi connectivity index (χ0) is 9.61. The van der Waals surface area contributed by atoms with Crippen LogP contribution in [0.1, 0.15) is 13.3 Å². The lowest BCUT2D eigenvalue weighted by molar-refractivity contribution is -0.142. The van der Waals surface area contributed by atoms with Crippen molar-refractivity contribution < 1.29 is 17.9 Å². The van der Waals surface area contributed by atoms with Crippen LogP contribution in [-0.4, -0.2) is 33.8 Å². The third kappa shape index (κ3) is 5.09. The van der Waals surface area contributed by atoms with Gasteiger partial charge in [-0.15, -0.1) is 0 Å². The summed E-state index contributed by atoms with van der Waals surface area (Å²) in [6.45, 7) is 1.95. The smallest absolute Gasteiger partial charge is 0.306 e. The molecule has 0 radical (unpaired) electrons. The summed E-state index contributed by atoms with van der Waals surface area (Å²) in [5.74, 6) is -0.709. The number of rotatable bonds is 5. The minimum absolute atomic E-state index is 0.100. The Hall–Kier alpha value is -0.620. The van der Waals surface area contributed by atoms with Crippen LogP contribution in [0.2, 0.25) is 0 Å². The van der Waals surface area contributed by atoms with Gasteiger partial charge in [0.2, 0.25) is 10.0 Å². The first-order valence-electron chi connectivity index (χ1n) is 3.58. The summed E-state index contributed by atoms with van der Waals surface area (Å²) in [6.07, 6.45) is -0.100. The molecule has 0 unspecified atom stereocenters. The molecule has 0 aromatic rings. The van der Waals surface area contributed by atoms with Crippen molar-refractivity contribution in [3.63, 3.8) is 0 Å². The van der Waals surface area contributed by atoms with Crippen molar-refractivity contribution in [2.75, 3.05) is 19.4 Å². The van der Waals surface area contributed by atoms with E-state index < -0.39 is 16.0 Å². The second-order valence-electron chi connectivity index (χ2n) is 2.08. The summed E-state index contributed by atoms with van der Waals surface area (Å²) >= 11 is 0. The van der Waals surface area contributed by atoms with Crippen LogP contribution in [0.25, 0.3) is 0 Å². The third-order valence-electron chi connectivity index (χ3n) is 1.19. The summed E-state index contributed by atoms with van der Waals surface area (Å²) < 4.78 is 28.2. The topological polar surface area (TPSA) is 72.5 Å². The molecule has 0 aliphatic rings. The quantitative estimate of drug-likeness (QED) is 0.600. The highest BCUT2D eigenvalue weighted by Gasteiger charge is 2.10. The van der Waals surface area contributed by atoms with Gasteiger partial charge in [-0.05, 0) is 14.0 Å². The van der Waals surface area contributed by atoms with Crippen molar-refractivity contribution in [1.29, 1.82) is 0 Å². The SMILES string of the molecule is CCOC(=O)CCS(=O)(=O)NC. The zero-order valence-corrected chi connectivity index (χ0v) is 7.98. The van der Waals surface area contributed by atoms with Crippen molar-refractivity contribution in [3.8, 4) is 0 Å². The molecule has 0 saturated heterocycles. The van der Waals surface area contributed by atoms with Crippen LogP contribution < -0.4 is 4.72 Å². The number of hydrogen-bond donors (Lipinski definition) is 1. The molecule has 6 heteroatoms. The number of carbonyl (C=O) groups excluding carboxylic acids is 1. The van der Waals surface area contributed by atoms with Gasteiger partial charge in [-0.25, -0.2) is 13.1 Å². The Morgan fingerprint density at radius 2 is 2.08 bits per heavy atom. The van der Waals surface area contributed by atoms with Crippen LogP contribution in [0, 0.1) is 0 Å². The van der Waals surface area contributed by atoms with E-state index in [-0.39, 0.29) is 18.8 Å². The molecule has 0 fully saturated rings. The van der Waals surface area contributed by atoms with E-state index in [4.69, 9.17) is 0 Å². The number of ether oxygens (including phenoxy) is 1. The fourth-order valence-corrected chi connectivity index (χ4v) is 1.19. The van der Waals surface area contributed by atoms with Gasteiger partial charge in [-0.3, -0.25) is 4.79 Å². The second kappa shape index (κ2) is 5.10. The molecule has 0 heterocycles. The van der Waals surface area contributed by atoms with Crippen molar-refractivity contribution in [3.05, 3.63) is 0 Å². The van der Waals surface area contributed by atoms with Crippen LogP contribution in [0.15, 0.2) is 0 Å². The fraction of sp³-hybridized carbons (Fsp3) is 0.833. The number of nitrogens with one attached hydrogen (secondary N) is 1. The molecule has 0 aliphatic carbocycles. The van der Waals surface area contributed by atoms with Crippen LogP contribution in [0.3, 0.4) is 0 Å². The first-order chi connectivity index (χ1) is 5.52. The maximum Gasteiger partial charge on any atom is 0.306 e. The molecule has 0 aromatic heterocycles. The van der Waals surface area contributed by atoms with E-state index in [0.29, 0.717) is 0 Å². The average molecular weight is 195 g/mol. The molecule has 0 atom stereocenters. The molecule has 0 aliphatic heterocycles. The van der Waals surface area contributed by atoms with Crippen LogP contribution in [-0.2, 0) is 19.6 Å². The van der Waals surface area contributed by atoms with Crippen molar-refractivity contribution in [2.24, 2.45) is 0 Å². The Balaban J connectivity index is 3.76. The zero-order valence-electron chi connectivity index (χ0n) is 7.16. The maximum absolute atomic E-state index is 10.8. The van der Waals surface area contributed by atoms with Crippen molar-refractivity contribution in [2.45, 2.75) is 13.3 Å². The minimum atomic E-state index is -3.28. The number of sulfonamides is 1. The van der Waals surface area contributed by atoms with Gasteiger partial charge in [0.1, 0.15) is 0 Å². The highest BCUT2D eigenvalue weighted by atomic mass is 32.2. The van der Waals surface area contributed by atoms with E-state index in [2.05, 4.69) is 9.46 Å². The van der Waals surface area contributed by atoms with Gasteiger partial charge in [0.25, 0.3) is 0 Å². The van der Waals surface area contributed by atoms with Crippen LogP contribution in [0.5, 0.6) is 0 Å².